The highest BCUT2D eigenvalue weighted by molar-refractivity contribution is 5.09. The third kappa shape index (κ3) is 3.34. The van der Waals surface area contributed by atoms with Crippen LogP contribution in [0.1, 0.15) is 53.2 Å². The van der Waals surface area contributed by atoms with Crippen molar-refractivity contribution in [2.45, 2.75) is 76.8 Å². The summed E-state index contributed by atoms with van der Waals surface area (Å²) in [5.41, 5.74) is 0.775. The van der Waals surface area contributed by atoms with Crippen LogP contribution in [-0.2, 0) is 21.6 Å². The molecule has 0 radical (unpaired) electrons. The van der Waals surface area contributed by atoms with Crippen LogP contribution in [0, 0.1) is 0 Å². The van der Waals surface area contributed by atoms with Crippen LogP contribution in [0.5, 0.6) is 0 Å². The van der Waals surface area contributed by atoms with Gasteiger partial charge >= 0.3 is 0 Å². The molecule has 1 aromatic heterocycles. The molecule has 1 N–H and O–H groups in total. The van der Waals surface area contributed by atoms with E-state index in [-0.39, 0.29) is 22.8 Å². The maximum atomic E-state index is 6.14. The largest absolute Gasteiger partial charge is 0.375 e. The number of hydrogen-bond donors (Lipinski definition) is 1. The molecule has 2 aliphatic heterocycles. The lowest BCUT2D eigenvalue weighted by molar-refractivity contribution is -0.201. The Hall–Kier alpha value is -0.980. The van der Waals surface area contributed by atoms with E-state index in [0.29, 0.717) is 0 Å². The molecule has 2 fully saturated rings. The molecule has 0 saturated carbocycles. The van der Waals surface area contributed by atoms with Crippen molar-refractivity contribution in [1.29, 1.82) is 0 Å². The fourth-order valence-electron chi connectivity index (χ4n) is 3.45. The van der Waals surface area contributed by atoms with Crippen LogP contribution in [0.3, 0.4) is 0 Å². The van der Waals surface area contributed by atoms with Crippen molar-refractivity contribution in [3.05, 3.63) is 11.9 Å². The first-order valence-corrected chi connectivity index (χ1v) is 8.13. The van der Waals surface area contributed by atoms with Crippen LogP contribution in [0.2, 0.25) is 0 Å². The summed E-state index contributed by atoms with van der Waals surface area (Å²) in [6, 6.07) is 0. The molecular weight excluding hydrogens is 280 g/mol. The Balaban J connectivity index is 1.61. The van der Waals surface area contributed by atoms with Gasteiger partial charge in [0.15, 0.2) is 0 Å². The van der Waals surface area contributed by atoms with Crippen LogP contribution >= 0.6 is 0 Å². The van der Waals surface area contributed by atoms with Gasteiger partial charge in [-0.15, -0.1) is 5.10 Å². The number of rotatable bonds is 4. The molecule has 6 heteroatoms. The Kier molecular flexibility index (Phi) is 3.82. The topological polar surface area (TPSA) is 61.2 Å². The molecule has 3 heterocycles. The van der Waals surface area contributed by atoms with Gasteiger partial charge in [-0.05, 0) is 47.5 Å². The lowest BCUT2D eigenvalue weighted by Gasteiger charge is -2.37. The molecule has 0 amide bonds. The lowest BCUT2D eigenvalue weighted by atomic mass is 9.96. The van der Waals surface area contributed by atoms with Gasteiger partial charge in [0.1, 0.15) is 11.3 Å². The first kappa shape index (κ1) is 15.9. The van der Waals surface area contributed by atoms with Crippen molar-refractivity contribution in [2.24, 2.45) is 0 Å². The zero-order valence-electron chi connectivity index (χ0n) is 14.3. The summed E-state index contributed by atoms with van der Waals surface area (Å²) in [4.78, 5) is 0. The lowest BCUT2D eigenvalue weighted by Crippen LogP contribution is -2.49. The summed E-state index contributed by atoms with van der Waals surface area (Å²) in [6.07, 6.45) is 4.42. The number of nitrogens with zero attached hydrogens (tertiary/aromatic N) is 3. The first-order chi connectivity index (χ1) is 10.2. The van der Waals surface area contributed by atoms with E-state index >= 15 is 0 Å². The van der Waals surface area contributed by atoms with Crippen LogP contribution < -0.4 is 5.32 Å². The Morgan fingerprint density at radius 2 is 2.05 bits per heavy atom. The summed E-state index contributed by atoms with van der Waals surface area (Å²) < 4.78 is 13.3. The third-order valence-electron chi connectivity index (χ3n) is 4.33. The second-order valence-electron chi connectivity index (χ2n) is 8.28. The number of ether oxygens (including phenoxy) is 2. The SMILES string of the molecule is CC(C)(C)NC(C)(C)c1cn(CC2CCC3(COC3)O2)nn1. The fraction of sp³-hybridized carbons (Fsp3) is 0.875. The molecule has 1 spiro atoms. The minimum atomic E-state index is -0.212. The van der Waals surface area contributed by atoms with Crippen LogP contribution in [0.15, 0.2) is 6.20 Å². The summed E-state index contributed by atoms with van der Waals surface area (Å²) >= 11 is 0. The molecule has 124 valence electrons. The van der Waals surface area contributed by atoms with Gasteiger partial charge in [0.2, 0.25) is 0 Å². The first-order valence-electron chi connectivity index (χ1n) is 8.13. The van der Waals surface area contributed by atoms with Gasteiger partial charge in [-0.3, -0.25) is 0 Å². The molecule has 1 atom stereocenters. The van der Waals surface area contributed by atoms with Crippen molar-refractivity contribution < 1.29 is 9.47 Å². The predicted molar refractivity (Wildman–Crippen MR) is 83.6 cm³/mol. The molecule has 1 aromatic rings. The molecule has 0 aliphatic carbocycles. The van der Waals surface area contributed by atoms with Gasteiger partial charge in [-0.25, -0.2) is 4.68 Å². The zero-order chi connectivity index (χ0) is 16.0. The highest BCUT2D eigenvalue weighted by Crippen LogP contribution is 2.36. The smallest absolute Gasteiger partial charge is 0.115 e. The summed E-state index contributed by atoms with van der Waals surface area (Å²) in [5.74, 6) is 0. The molecule has 0 aromatic carbocycles. The van der Waals surface area contributed by atoms with E-state index in [4.69, 9.17) is 9.47 Å². The summed E-state index contributed by atoms with van der Waals surface area (Å²) in [6.45, 7) is 13.0. The predicted octanol–water partition coefficient (Wildman–Crippen LogP) is 1.85. The maximum Gasteiger partial charge on any atom is 0.115 e. The monoisotopic (exact) mass is 308 g/mol. The van der Waals surface area contributed by atoms with Crippen LogP contribution in [0.4, 0.5) is 0 Å². The second-order valence-corrected chi connectivity index (χ2v) is 8.28. The van der Waals surface area contributed by atoms with E-state index in [2.05, 4.69) is 50.2 Å². The van der Waals surface area contributed by atoms with Gasteiger partial charge in [0, 0.05) is 5.54 Å². The maximum absolute atomic E-state index is 6.14. The standard InChI is InChI=1S/C16H28N4O2/c1-14(2,3)18-15(4,5)13-9-20(19-17-13)8-12-6-7-16(22-12)10-21-11-16/h9,12,18H,6-8,10-11H2,1-5H3. The van der Waals surface area contributed by atoms with Crippen molar-refractivity contribution in [3.63, 3.8) is 0 Å². The van der Waals surface area contributed by atoms with E-state index in [1.54, 1.807) is 0 Å². The number of aromatic nitrogens is 3. The Morgan fingerprint density at radius 3 is 2.59 bits per heavy atom. The van der Waals surface area contributed by atoms with E-state index in [1.807, 2.05) is 10.9 Å². The molecule has 22 heavy (non-hydrogen) atoms. The summed E-state index contributed by atoms with van der Waals surface area (Å²) in [7, 11) is 0. The van der Waals surface area contributed by atoms with Crippen molar-refractivity contribution in [2.75, 3.05) is 13.2 Å². The zero-order valence-corrected chi connectivity index (χ0v) is 14.3. The van der Waals surface area contributed by atoms with E-state index in [1.165, 1.54) is 0 Å². The summed E-state index contributed by atoms with van der Waals surface area (Å²) in [5, 5.41) is 12.2. The van der Waals surface area contributed by atoms with E-state index in [9.17, 15) is 0 Å². The van der Waals surface area contributed by atoms with E-state index < -0.39 is 0 Å². The van der Waals surface area contributed by atoms with Gasteiger partial charge in [0.25, 0.3) is 0 Å². The van der Waals surface area contributed by atoms with Gasteiger partial charge in [0.05, 0.1) is 37.6 Å². The number of hydrogen-bond acceptors (Lipinski definition) is 5. The van der Waals surface area contributed by atoms with Crippen molar-refractivity contribution in [1.82, 2.24) is 20.3 Å². The second kappa shape index (κ2) is 5.28. The van der Waals surface area contributed by atoms with E-state index in [0.717, 1.165) is 38.3 Å². The third-order valence-corrected chi connectivity index (χ3v) is 4.33. The average Bonchev–Trinajstić information content (AvgIpc) is 2.92. The minimum Gasteiger partial charge on any atom is -0.375 e. The average molecular weight is 308 g/mol. The van der Waals surface area contributed by atoms with Crippen molar-refractivity contribution >= 4 is 0 Å². The van der Waals surface area contributed by atoms with Gasteiger partial charge in [-0.2, -0.15) is 0 Å². The van der Waals surface area contributed by atoms with Crippen LogP contribution in [0.25, 0.3) is 0 Å². The highest BCUT2D eigenvalue weighted by Gasteiger charge is 2.46. The molecule has 2 aliphatic rings. The Bertz CT molecular complexity index is 528. The number of nitrogens with one attached hydrogen (secondary N) is 1. The highest BCUT2D eigenvalue weighted by atomic mass is 16.6. The molecular formula is C16H28N4O2. The molecule has 3 rings (SSSR count). The normalized spacial score (nSPS) is 24.7. The quantitative estimate of drug-likeness (QED) is 0.920. The molecule has 6 nitrogen and oxygen atoms in total. The minimum absolute atomic E-state index is 0.00113. The van der Waals surface area contributed by atoms with Gasteiger partial charge < -0.3 is 14.8 Å². The van der Waals surface area contributed by atoms with Gasteiger partial charge in [-0.1, -0.05) is 5.21 Å². The fourth-order valence-corrected chi connectivity index (χ4v) is 3.45. The van der Waals surface area contributed by atoms with Crippen molar-refractivity contribution in [3.8, 4) is 0 Å². The Labute approximate surface area is 132 Å². The molecule has 1 unspecified atom stereocenters. The molecule has 0 bridgehead atoms. The van der Waals surface area contributed by atoms with Crippen LogP contribution in [-0.4, -0.2) is 45.5 Å². The molecule has 2 saturated heterocycles. The Morgan fingerprint density at radius 1 is 1.32 bits per heavy atom.